The zero-order chi connectivity index (χ0) is 15.2. The first-order valence-corrected chi connectivity index (χ1v) is 6.40. The standard InChI is InChI=1S/C14H15FN2O4/c15-11-7-9(2-4-13(18)19)1-3-12(11)17-14(20)16-10-5-6-21-8-10/h1-4,7,10H,5-6,8H2,(H,18,19)(H2,16,17,20)/b4-2+. The molecule has 1 atom stereocenters. The summed E-state index contributed by atoms with van der Waals surface area (Å²) in [6, 6.07) is 3.47. The summed E-state index contributed by atoms with van der Waals surface area (Å²) in [7, 11) is 0. The lowest BCUT2D eigenvalue weighted by atomic mass is 10.2. The molecule has 1 unspecified atom stereocenters. The number of carbonyl (C=O) groups excluding carboxylic acids is 1. The number of amides is 2. The summed E-state index contributed by atoms with van der Waals surface area (Å²) in [5, 5.41) is 13.6. The molecule has 2 amide bonds. The van der Waals surface area contributed by atoms with Crippen molar-refractivity contribution in [3.05, 3.63) is 35.7 Å². The van der Waals surface area contributed by atoms with Crippen LogP contribution in [0.2, 0.25) is 0 Å². The third-order valence-corrected chi connectivity index (χ3v) is 2.92. The predicted molar refractivity (Wildman–Crippen MR) is 74.4 cm³/mol. The van der Waals surface area contributed by atoms with Crippen LogP contribution in [0.5, 0.6) is 0 Å². The van der Waals surface area contributed by atoms with Crippen LogP contribution in [0.3, 0.4) is 0 Å². The van der Waals surface area contributed by atoms with Gasteiger partial charge in [-0.25, -0.2) is 14.0 Å². The van der Waals surface area contributed by atoms with E-state index in [0.717, 1.165) is 18.6 Å². The molecule has 21 heavy (non-hydrogen) atoms. The first-order chi connectivity index (χ1) is 10.0. The molecule has 7 heteroatoms. The first-order valence-electron chi connectivity index (χ1n) is 6.40. The minimum Gasteiger partial charge on any atom is -0.478 e. The Kier molecular flexibility index (Phi) is 4.89. The van der Waals surface area contributed by atoms with E-state index in [0.29, 0.717) is 18.8 Å². The molecular weight excluding hydrogens is 279 g/mol. The zero-order valence-electron chi connectivity index (χ0n) is 11.1. The van der Waals surface area contributed by atoms with Crippen LogP contribution in [0.1, 0.15) is 12.0 Å². The number of ether oxygens (including phenoxy) is 1. The molecule has 1 aromatic carbocycles. The van der Waals surface area contributed by atoms with Gasteiger partial charge >= 0.3 is 12.0 Å². The average molecular weight is 294 g/mol. The minimum absolute atomic E-state index is 0.0268. The molecule has 1 saturated heterocycles. The molecule has 0 radical (unpaired) electrons. The van der Waals surface area contributed by atoms with Gasteiger partial charge in [-0.1, -0.05) is 6.07 Å². The first kappa shape index (κ1) is 15.0. The van der Waals surface area contributed by atoms with E-state index < -0.39 is 17.8 Å². The van der Waals surface area contributed by atoms with Crippen molar-refractivity contribution in [3.8, 4) is 0 Å². The van der Waals surface area contributed by atoms with Crippen LogP contribution in [0.25, 0.3) is 6.08 Å². The summed E-state index contributed by atoms with van der Waals surface area (Å²) >= 11 is 0. The zero-order valence-corrected chi connectivity index (χ0v) is 11.1. The second-order valence-electron chi connectivity index (χ2n) is 4.57. The van der Waals surface area contributed by atoms with Crippen LogP contribution in [-0.4, -0.2) is 36.4 Å². The molecule has 112 valence electrons. The van der Waals surface area contributed by atoms with Crippen molar-refractivity contribution >= 4 is 23.8 Å². The van der Waals surface area contributed by atoms with Crippen LogP contribution < -0.4 is 10.6 Å². The number of anilines is 1. The van der Waals surface area contributed by atoms with Gasteiger partial charge in [0.25, 0.3) is 0 Å². The molecule has 1 aromatic rings. The normalized spacial score (nSPS) is 17.9. The molecule has 1 fully saturated rings. The minimum atomic E-state index is -1.12. The molecule has 0 saturated carbocycles. The van der Waals surface area contributed by atoms with E-state index in [2.05, 4.69) is 10.6 Å². The lowest BCUT2D eigenvalue weighted by Gasteiger charge is -2.12. The number of urea groups is 1. The third kappa shape index (κ3) is 4.57. The summed E-state index contributed by atoms with van der Waals surface area (Å²) in [5.74, 6) is -1.75. The number of halogens is 1. The number of carbonyl (C=O) groups is 2. The monoisotopic (exact) mass is 294 g/mol. The fourth-order valence-electron chi connectivity index (χ4n) is 1.90. The van der Waals surface area contributed by atoms with E-state index in [-0.39, 0.29) is 11.7 Å². The summed E-state index contributed by atoms with van der Waals surface area (Å²) in [6.07, 6.45) is 2.91. The van der Waals surface area contributed by atoms with Gasteiger partial charge in [0.05, 0.1) is 18.3 Å². The number of rotatable bonds is 4. The van der Waals surface area contributed by atoms with Crippen LogP contribution in [-0.2, 0) is 9.53 Å². The van der Waals surface area contributed by atoms with Gasteiger partial charge in [-0.2, -0.15) is 0 Å². The van der Waals surface area contributed by atoms with Crippen molar-refractivity contribution in [1.29, 1.82) is 0 Å². The van der Waals surface area contributed by atoms with Crippen LogP contribution in [0, 0.1) is 5.82 Å². The molecule has 6 nitrogen and oxygen atoms in total. The average Bonchev–Trinajstić information content (AvgIpc) is 2.92. The number of hydrogen-bond donors (Lipinski definition) is 3. The highest BCUT2D eigenvalue weighted by atomic mass is 19.1. The highest BCUT2D eigenvalue weighted by Crippen LogP contribution is 2.17. The Morgan fingerprint density at radius 1 is 1.43 bits per heavy atom. The largest absolute Gasteiger partial charge is 0.478 e. The van der Waals surface area contributed by atoms with Gasteiger partial charge in [-0.15, -0.1) is 0 Å². The Morgan fingerprint density at radius 2 is 2.24 bits per heavy atom. The van der Waals surface area contributed by atoms with E-state index in [1.165, 1.54) is 18.2 Å². The second-order valence-corrected chi connectivity index (χ2v) is 4.57. The summed E-state index contributed by atoms with van der Waals surface area (Å²) in [4.78, 5) is 22.1. The SMILES string of the molecule is O=C(O)/C=C/c1ccc(NC(=O)NC2CCOC2)c(F)c1. The predicted octanol–water partition coefficient (Wildman–Crippen LogP) is 1.83. The van der Waals surface area contributed by atoms with Crippen molar-refractivity contribution in [2.75, 3.05) is 18.5 Å². The van der Waals surface area contributed by atoms with E-state index >= 15 is 0 Å². The number of carboxylic acid groups (broad SMARTS) is 1. The summed E-state index contributed by atoms with van der Waals surface area (Å²) < 4.78 is 18.9. The lowest BCUT2D eigenvalue weighted by Crippen LogP contribution is -2.38. The molecule has 1 heterocycles. The number of benzene rings is 1. The maximum atomic E-state index is 13.8. The maximum Gasteiger partial charge on any atom is 0.328 e. The van der Waals surface area contributed by atoms with Crippen molar-refractivity contribution < 1.29 is 23.8 Å². The van der Waals surface area contributed by atoms with Gasteiger partial charge in [0.15, 0.2) is 0 Å². The Labute approximate surface area is 120 Å². The van der Waals surface area contributed by atoms with Gasteiger partial charge in [-0.3, -0.25) is 0 Å². The van der Waals surface area contributed by atoms with Crippen molar-refractivity contribution in [3.63, 3.8) is 0 Å². The maximum absolute atomic E-state index is 13.8. The van der Waals surface area contributed by atoms with Crippen LogP contribution in [0.4, 0.5) is 14.9 Å². The molecule has 1 aliphatic rings. The number of carboxylic acids is 1. The van der Waals surface area contributed by atoms with Crippen LogP contribution in [0.15, 0.2) is 24.3 Å². The molecule has 0 spiro atoms. The molecular formula is C14H15FN2O4. The molecule has 0 aliphatic carbocycles. The highest BCUT2D eigenvalue weighted by Gasteiger charge is 2.18. The quantitative estimate of drug-likeness (QED) is 0.739. The van der Waals surface area contributed by atoms with Crippen molar-refractivity contribution in [1.82, 2.24) is 5.32 Å². The Balaban J connectivity index is 1.96. The second kappa shape index (κ2) is 6.85. The van der Waals surface area contributed by atoms with E-state index in [9.17, 15) is 14.0 Å². The van der Waals surface area contributed by atoms with Gasteiger partial charge in [0.1, 0.15) is 5.82 Å². The molecule has 1 aliphatic heterocycles. The summed E-state index contributed by atoms with van der Waals surface area (Å²) in [5.41, 5.74) is 0.420. The van der Waals surface area contributed by atoms with Gasteiger partial charge in [-0.05, 0) is 30.2 Å². The Morgan fingerprint density at radius 3 is 2.86 bits per heavy atom. The third-order valence-electron chi connectivity index (χ3n) is 2.92. The molecule has 0 aromatic heterocycles. The van der Waals surface area contributed by atoms with Crippen LogP contribution >= 0.6 is 0 Å². The number of nitrogens with one attached hydrogen (secondary N) is 2. The molecule has 0 bridgehead atoms. The van der Waals surface area contributed by atoms with Gasteiger partial charge in [0.2, 0.25) is 0 Å². The smallest absolute Gasteiger partial charge is 0.328 e. The molecule has 2 rings (SSSR count). The van der Waals surface area contributed by atoms with Gasteiger partial charge in [0, 0.05) is 12.7 Å². The lowest BCUT2D eigenvalue weighted by molar-refractivity contribution is -0.131. The van der Waals surface area contributed by atoms with E-state index in [1.807, 2.05) is 0 Å². The van der Waals surface area contributed by atoms with E-state index in [4.69, 9.17) is 9.84 Å². The summed E-state index contributed by atoms with van der Waals surface area (Å²) in [6.45, 7) is 1.05. The van der Waals surface area contributed by atoms with Crippen molar-refractivity contribution in [2.24, 2.45) is 0 Å². The van der Waals surface area contributed by atoms with E-state index in [1.54, 1.807) is 0 Å². The van der Waals surface area contributed by atoms with Gasteiger partial charge < -0.3 is 20.5 Å². The van der Waals surface area contributed by atoms with Crippen molar-refractivity contribution in [2.45, 2.75) is 12.5 Å². The highest BCUT2D eigenvalue weighted by molar-refractivity contribution is 5.90. The topological polar surface area (TPSA) is 87.7 Å². The molecule has 3 N–H and O–H groups in total. The fourth-order valence-corrected chi connectivity index (χ4v) is 1.90. The number of hydrogen-bond acceptors (Lipinski definition) is 3. The fraction of sp³-hybridized carbons (Fsp3) is 0.286. The Hall–Kier alpha value is -2.41. The number of aliphatic carboxylic acids is 1. The Bertz CT molecular complexity index is 568.